The molecular formula is C32H50O3. The lowest BCUT2D eigenvalue weighted by atomic mass is 9.78. The average Bonchev–Trinajstić information content (AvgIpc) is 2.89. The van der Waals surface area contributed by atoms with Gasteiger partial charge in [0.15, 0.2) is 0 Å². The van der Waals surface area contributed by atoms with Crippen molar-refractivity contribution >= 4 is 5.97 Å². The van der Waals surface area contributed by atoms with E-state index in [4.69, 9.17) is 9.47 Å². The molecule has 35 heavy (non-hydrogen) atoms. The van der Waals surface area contributed by atoms with Crippen LogP contribution in [0.4, 0.5) is 0 Å². The number of hydrogen-bond acceptors (Lipinski definition) is 3. The monoisotopic (exact) mass is 482 g/mol. The standard InChI is InChI=1S/C32H50O3/c1-3-5-7-10-26-13-15-28(16-14-26)12-9-25-34-30-21-23-31(24-22-30)35-32(33)29-19-17-27(18-20-29)11-8-6-4-2/h4,21-24,26-29H,2-3,5-20,25H2,1H3/t26-,27-,28-,29-. The highest BCUT2D eigenvalue weighted by atomic mass is 16.5. The molecule has 3 rings (SSSR count). The Hall–Kier alpha value is -1.77. The molecule has 0 radical (unpaired) electrons. The summed E-state index contributed by atoms with van der Waals surface area (Å²) < 4.78 is 11.6. The first-order chi connectivity index (χ1) is 17.2. The highest BCUT2D eigenvalue weighted by molar-refractivity contribution is 5.75. The van der Waals surface area contributed by atoms with Crippen molar-refractivity contribution in [2.75, 3.05) is 6.61 Å². The van der Waals surface area contributed by atoms with E-state index in [9.17, 15) is 4.79 Å². The van der Waals surface area contributed by atoms with Crippen LogP contribution in [0.2, 0.25) is 0 Å². The fraction of sp³-hybridized carbons (Fsp3) is 0.719. The van der Waals surface area contributed by atoms with Crippen LogP contribution in [-0.4, -0.2) is 12.6 Å². The van der Waals surface area contributed by atoms with Crippen LogP contribution in [0.3, 0.4) is 0 Å². The first-order valence-electron chi connectivity index (χ1n) is 14.7. The third-order valence-electron chi connectivity index (χ3n) is 8.45. The lowest BCUT2D eigenvalue weighted by Gasteiger charge is -2.28. The van der Waals surface area contributed by atoms with Crippen molar-refractivity contribution in [3.8, 4) is 11.5 Å². The fourth-order valence-corrected chi connectivity index (χ4v) is 6.09. The maximum absolute atomic E-state index is 12.6. The number of rotatable bonds is 15. The van der Waals surface area contributed by atoms with Crippen molar-refractivity contribution in [3.05, 3.63) is 36.9 Å². The Labute approximate surface area is 215 Å². The largest absolute Gasteiger partial charge is 0.494 e. The van der Waals surface area contributed by atoms with Gasteiger partial charge in [-0.3, -0.25) is 4.79 Å². The zero-order valence-corrected chi connectivity index (χ0v) is 22.4. The number of carbonyl (C=O) groups excluding carboxylic acids is 1. The van der Waals surface area contributed by atoms with Crippen molar-refractivity contribution in [1.29, 1.82) is 0 Å². The van der Waals surface area contributed by atoms with E-state index in [0.29, 0.717) is 5.75 Å². The summed E-state index contributed by atoms with van der Waals surface area (Å²) in [4.78, 5) is 12.6. The Morgan fingerprint density at radius 2 is 1.34 bits per heavy atom. The van der Waals surface area contributed by atoms with Gasteiger partial charge in [-0.1, -0.05) is 70.8 Å². The van der Waals surface area contributed by atoms with Crippen LogP contribution in [0.25, 0.3) is 0 Å². The summed E-state index contributed by atoms with van der Waals surface area (Å²) in [6.45, 7) is 6.86. The summed E-state index contributed by atoms with van der Waals surface area (Å²) in [5, 5.41) is 0. The van der Waals surface area contributed by atoms with E-state index in [1.54, 1.807) is 0 Å². The third-order valence-corrected chi connectivity index (χ3v) is 8.45. The van der Waals surface area contributed by atoms with Gasteiger partial charge in [0.05, 0.1) is 12.5 Å². The van der Waals surface area contributed by atoms with E-state index in [1.807, 2.05) is 30.3 Å². The molecule has 0 saturated heterocycles. The highest BCUT2D eigenvalue weighted by Gasteiger charge is 2.27. The Bertz CT molecular complexity index is 709. The molecule has 3 heteroatoms. The van der Waals surface area contributed by atoms with Crippen LogP contribution in [-0.2, 0) is 4.79 Å². The Balaban J connectivity index is 1.26. The molecule has 2 aliphatic carbocycles. The van der Waals surface area contributed by atoms with Gasteiger partial charge in [-0.15, -0.1) is 6.58 Å². The zero-order chi connectivity index (χ0) is 24.7. The lowest BCUT2D eigenvalue weighted by molar-refractivity contribution is -0.140. The molecule has 0 spiro atoms. The van der Waals surface area contributed by atoms with Crippen molar-refractivity contribution in [1.82, 2.24) is 0 Å². The lowest BCUT2D eigenvalue weighted by Crippen LogP contribution is -2.25. The minimum absolute atomic E-state index is 0.0491. The summed E-state index contributed by atoms with van der Waals surface area (Å²) >= 11 is 0. The molecule has 0 aliphatic heterocycles. The predicted octanol–water partition coefficient (Wildman–Crippen LogP) is 9.30. The number of unbranched alkanes of at least 4 members (excludes halogenated alkanes) is 3. The second-order valence-corrected chi connectivity index (χ2v) is 11.2. The van der Waals surface area contributed by atoms with Crippen molar-refractivity contribution in [2.24, 2.45) is 23.7 Å². The number of allylic oxidation sites excluding steroid dienone is 1. The van der Waals surface area contributed by atoms with E-state index >= 15 is 0 Å². The fourth-order valence-electron chi connectivity index (χ4n) is 6.09. The van der Waals surface area contributed by atoms with Crippen molar-refractivity contribution < 1.29 is 14.3 Å². The average molecular weight is 483 g/mol. The van der Waals surface area contributed by atoms with Crippen LogP contribution in [0.1, 0.15) is 116 Å². The third kappa shape index (κ3) is 10.4. The Morgan fingerprint density at radius 3 is 1.94 bits per heavy atom. The molecule has 2 saturated carbocycles. The SMILES string of the molecule is C=CCCC[C@H]1CC[C@H](C(=O)Oc2ccc(OCCC[C@H]3CC[C@H](CCCCC)CC3)cc2)CC1. The van der Waals surface area contributed by atoms with Crippen LogP contribution < -0.4 is 9.47 Å². The second-order valence-electron chi connectivity index (χ2n) is 11.2. The summed E-state index contributed by atoms with van der Waals surface area (Å²) in [5.41, 5.74) is 0. The molecule has 0 bridgehead atoms. The van der Waals surface area contributed by atoms with Gasteiger partial charge in [0.1, 0.15) is 11.5 Å². The summed E-state index contributed by atoms with van der Waals surface area (Å²) in [6, 6.07) is 7.60. The summed E-state index contributed by atoms with van der Waals surface area (Å²) in [7, 11) is 0. The van der Waals surface area contributed by atoms with Crippen molar-refractivity contribution in [2.45, 2.75) is 116 Å². The molecule has 0 amide bonds. The molecule has 0 N–H and O–H groups in total. The summed E-state index contributed by atoms with van der Waals surface area (Å²) in [6.07, 6.45) is 23.5. The van der Waals surface area contributed by atoms with Gasteiger partial charge in [0, 0.05) is 0 Å². The number of hydrogen-bond donors (Lipinski definition) is 0. The maximum atomic E-state index is 12.6. The number of esters is 1. The molecule has 1 aromatic rings. The van der Waals surface area contributed by atoms with E-state index in [2.05, 4.69) is 13.5 Å². The number of ether oxygens (including phenoxy) is 2. The highest BCUT2D eigenvalue weighted by Crippen LogP contribution is 2.35. The molecule has 3 nitrogen and oxygen atoms in total. The normalized spacial score (nSPS) is 24.6. The van der Waals surface area contributed by atoms with Crippen LogP contribution in [0.15, 0.2) is 36.9 Å². The maximum Gasteiger partial charge on any atom is 0.314 e. The van der Waals surface area contributed by atoms with Gasteiger partial charge in [0.2, 0.25) is 0 Å². The van der Waals surface area contributed by atoms with Crippen LogP contribution >= 0.6 is 0 Å². The quantitative estimate of drug-likeness (QED) is 0.108. The van der Waals surface area contributed by atoms with Gasteiger partial charge in [-0.25, -0.2) is 0 Å². The van der Waals surface area contributed by atoms with Crippen LogP contribution in [0, 0.1) is 23.7 Å². The van der Waals surface area contributed by atoms with E-state index in [0.717, 1.165) is 68.6 Å². The molecule has 2 aliphatic rings. The van der Waals surface area contributed by atoms with Crippen LogP contribution in [0.5, 0.6) is 11.5 Å². The van der Waals surface area contributed by atoms with E-state index in [-0.39, 0.29) is 11.9 Å². The minimum atomic E-state index is -0.0664. The Morgan fingerprint density at radius 1 is 0.800 bits per heavy atom. The van der Waals surface area contributed by atoms with Gasteiger partial charge in [-0.2, -0.15) is 0 Å². The first kappa shape index (κ1) is 27.8. The minimum Gasteiger partial charge on any atom is -0.494 e. The smallest absolute Gasteiger partial charge is 0.314 e. The topological polar surface area (TPSA) is 35.5 Å². The summed E-state index contributed by atoms with van der Waals surface area (Å²) in [5.74, 6) is 4.13. The number of carbonyl (C=O) groups is 1. The van der Waals surface area contributed by atoms with Crippen molar-refractivity contribution in [3.63, 3.8) is 0 Å². The molecule has 1 aromatic carbocycles. The molecule has 2 fully saturated rings. The van der Waals surface area contributed by atoms with Gasteiger partial charge < -0.3 is 9.47 Å². The molecular weight excluding hydrogens is 432 g/mol. The van der Waals surface area contributed by atoms with Gasteiger partial charge in [0.25, 0.3) is 0 Å². The van der Waals surface area contributed by atoms with E-state index < -0.39 is 0 Å². The molecule has 0 unspecified atom stereocenters. The molecule has 196 valence electrons. The predicted molar refractivity (Wildman–Crippen MR) is 146 cm³/mol. The van der Waals surface area contributed by atoms with E-state index in [1.165, 1.54) is 70.6 Å². The van der Waals surface area contributed by atoms with Gasteiger partial charge >= 0.3 is 5.97 Å². The molecule has 0 heterocycles. The Kier molecular flexibility index (Phi) is 12.8. The van der Waals surface area contributed by atoms with Gasteiger partial charge in [-0.05, 0) is 93.4 Å². The second kappa shape index (κ2) is 16.1. The first-order valence-corrected chi connectivity index (χ1v) is 14.7. The number of benzene rings is 1. The zero-order valence-electron chi connectivity index (χ0n) is 22.4. The molecule has 0 aromatic heterocycles. The molecule has 0 atom stereocenters.